The molecule has 0 saturated carbocycles. The van der Waals surface area contributed by atoms with Gasteiger partial charge in [-0.3, -0.25) is 0 Å². The van der Waals surface area contributed by atoms with Crippen LogP contribution < -0.4 is 20.7 Å². The Hall–Kier alpha value is -8.19. The van der Waals surface area contributed by atoms with E-state index in [4.69, 9.17) is 15.0 Å². The second-order valence-electron chi connectivity index (χ2n) is 16.3. The number of hydrogen-bond acceptors (Lipinski definition) is 3. The van der Waals surface area contributed by atoms with E-state index in [2.05, 4.69) is 246 Å². The third-order valence-corrected chi connectivity index (χ3v) is 18.5. The van der Waals surface area contributed by atoms with Gasteiger partial charge in [0, 0.05) is 0 Å². The summed E-state index contributed by atoms with van der Waals surface area (Å²) in [5, 5.41) is 9.95. The predicted molar refractivity (Wildman–Crippen MR) is 264 cm³/mol. The van der Waals surface area contributed by atoms with Crippen LogP contribution in [0.2, 0.25) is 0 Å². The second-order valence-corrected chi connectivity index (χ2v) is 20.7. The Morgan fingerprint density at radius 1 is 0.270 bits per heavy atom. The van der Waals surface area contributed by atoms with Gasteiger partial charge in [-0.2, -0.15) is 0 Å². The fraction of sp³-hybridized carbons (Fsp3) is 0. The summed E-state index contributed by atoms with van der Waals surface area (Å²) < 4.78 is 4.41. The third kappa shape index (κ3) is 5.95. The molecule has 0 unspecified atom stereocenters. The number of benzene rings is 9. The van der Waals surface area contributed by atoms with Gasteiger partial charge in [0.25, 0.3) is 0 Å². The Morgan fingerprint density at radius 3 is 1.11 bits per heavy atom. The van der Waals surface area contributed by atoms with Gasteiger partial charge < -0.3 is 0 Å². The van der Waals surface area contributed by atoms with Crippen LogP contribution in [0, 0.1) is 0 Å². The second kappa shape index (κ2) is 15.1. The first-order valence-electron chi connectivity index (χ1n) is 21.5. The molecule has 12 rings (SSSR count). The van der Waals surface area contributed by atoms with Crippen LogP contribution in [0.3, 0.4) is 0 Å². The molecule has 0 aliphatic rings. The zero-order valence-electron chi connectivity index (χ0n) is 34.3. The first-order valence-corrected chi connectivity index (χ1v) is 23.8. The molecule has 5 nitrogen and oxygen atoms in total. The van der Waals surface area contributed by atoms with E-state index in [1.165, 1.54) is 20.7 Å². The van der Waals surface area contributed by atoms with Crippen molar-refractivity contribution in [2.45, 2.75) is 0 Å². The molecule has 298 valence electrons. The van der Waals surface area contributed by atoms with E-state index in [9.17, 15) is 0 Å². The minimum absolute atomic E-state index is 0.556. The van der Waals surface area contributed by atoms with E-state index in [-0.39, 0.29) is 0 Å². The van der Waals surface area contributed by atoms with Gasteiger partial charge in [-0.25, -0.2) is 0 Å². The number of fused-ring (bicyclic) bond motifs is 6. The maximum absolute atomic E-state index is 5.43. The summed E-state index contributed by atoms with van der Waals surface area (Å²) in [7, 11) is -3.18. The molecule has 0 radical (unpaired) electrons. The first kappa shape index (κ1) is 36.6. The molecular formula is C57H40N5Si-. The molecular weight excluding hydrogens is 783 g/mol. The van der Waals surface area contributed by atoms with Gasteiger partial charge in [0.15, 0.2) is 0 Å². The van der Waals surface area contributed by atoms with Crippen LogP contribution in [0.15, 0.2) is 237 Å². The fourth-order valence-electron chi connectivity index (χ4n) is 10.1. The van der Waals surface area contributed by atoms with E-state index in [1.54, 1.807) is 0 Å². The predicted octanol–water partition coefficient (Wildman–Crippen LogP) is 10.5. The molecule has 9 aromatic carbocycles. The Kier molecular flexibility index (Phi) is 8.76. The van der Waals surface area contributed by atoms with E-state index >= 15 is 0 Å². The summed E-state index contributed by atoms with van der Waals surface area (Å²) in [5.41, 5.74) is 7.33. The van der Waals surface area contributed by atoms with Crippen molar-refractivity contribution >= 4 is 72.4 Å². The normalized spacial score (nSPS) is 12.1. The summed E-state index contributed by atoms with van der Waals surface area (Å²) in [5.74, 6) is 1.72. The summed E-state index contributed by atoms with van der Waals surface area (Å²) >= 11 is 0. The fourth-order valence-corrected chi connectivity index (χ4v) is 15.6. The Morgan fingerprint density at radius 2 is 0.635 bits per heavy atom. The van der Waals surface area contributed by atoms with Crippen molar-refractivity contribution in [3.05, 3.63) is 237 Å². The maximum atomic E-state index is 5.43. The average Bonchev–Trinajstić information content (AvgIpc) is 3.88. The molecule has 12 aromatic rings. The van der Waals surface area contributed by atoms with Gasteiger partial charge in [0.2, 0.25) is 0 Å². The zero-order chi connectivity index (χ0) is 41.7. The van der Waals surface area contributed by atoms with Crippen LogP contribution in [0.5, 0.6) is 0 Å². The molecule has 3 heterocycles. The average molecular weight is 823 g/mol. The van der Waals surface area contributed by atoms with Gasteiger partial charge in [0.05, 0.1) is 0 Å². The van der Waals surface area contributed by atoms with E-state index in [0.717, 1.165) is 60.3 Å². The zero-order valence-corrected chi connectivity index (χ0v) is 35.5. The minimum Gasteiger partial charge on any atom is -0.0617 e. The van der Waals surface area contributed by atoms with Gasteiger partial charge >= 0.3 is 337 Å². The van der Waals surface area contributed by atoms with Crippen LogP contribution in [0.25, 0.3) is 78.0 Å². The monoisotopic (exact) mass is 822 g/mol. The molecule has 0 saturated heterocycles. The molecule has 3 aromatic heterocycles. The van der Waals surface area contributed by atoms with Crippen LogP contribution in [0.1, 0.15) is 0 Å². The van der Waals surface area contributed by atoms with Crippen LogP contribution in [-0.2, 0) is 0 Å². The molecule has 0 atom stereocenters. The van der Waals surface area contributed by atoms with E-state index in [1.807, 2.05) is 0 Å². The molecule has 0 aliphatic heterocycles. The summed E-state index contributed by atoms with van der Waals surface area (Å²) in [6.45, 7) is 0. The van der Waals surface area contributed by atoms with E-state index < -0.39 is 8.07 Å². The molecule has 0 spiro atoms. The molecule has 6 heteroatoms. The topological polar surface area (TPSA) is 48.5 Å². The smallest absolute Gasteiger partial charge is 0.0544 e. The third-order valence-electron chi connectivity index (χ3n) is 12.9. The van der Waals surface area contributed by atoms with Crippen molar-refractivity contribution in [1.29, 1.82) is 0 Å². The van der Waals surface area contributed by atoms with Crippen LogP contribution >= 0.6 is 0 Å². The standard InChI is InChI=1S/C57H40N5Si/c1-5-19-40(20-6-1)42-35-38-50-49-29-15-18-32-53(49)62(54(50)39-42)57-59-55(58-56(60-57)61-51-30-16-13-27-47(51)48-28-14-17-31-52(48)61)41-33-36-46(37-34-41)63(43-21-7-2-8-22-43,44-23-9-3-10-24-44)45-25-11-4-12-26-45/h1-39,63H/q-1. The Balaban J connectivity index is 1.12. The molecule has 0 N–H and O–H groups in total. The first-order chi connectivity index (χ1) is 31.3. The van der Waals surface area contributed by atoms with Crippen LogP contribution in [-0.4, -0.2) is 32.2 Å². The van der Waals surface area contributed by atoms with E-state index in [0.29, 0.717) is 17.7 Å². The minimum atomic E-state index is -3.18. The molecule has 63 heavy (non-hydrogen) atoms. The maximum Gasteiger partial charge on any atom is -0.0544 e. The SMILES string of the molecule is c1ccc(-c2ccc3c4ccccc4n(-c4nc(-c5ccc([SiH-](c6ccccc6)(c6ccccc6)c6ccccc6)cc5)nc(-n5c6ccccc6c6ccccc65)n4)c3c2)cc1. The van der Waals surface area contributed by atoms with Crippen molar-refractivity contribution in [2.24, 2.45) is 0 Å². The van der Waals surface area contributed by atoms with Gasteiger partial charge in [-0.1, -0.05) is 30.3 Å². The molecule has 0 fully saturated rings. The Labute approximate surface area is 365 Å². The van der Waals surface area contributed by atoms with Crippen molar-refractivity contribution < 1.29 is 0 Å². The molecule has 0 bridgehead atoms. The summed E-state index contributed by atoms with van der Waals surface area (Å²) in [6, 6.07) is 85.1. The number of rotatable bonds is 8. The number of hydrogen-bond donors (Lipinski definition) is 0. The van der Waals surface area contributed by atoms with Gasteiger partial charge in [-0.05, 0) is 0 Å². The molecule has 0 aliphatic carbocycles. The van der Waals surface area contributed by atoms with Crippen LogP contribution in [0.4, 0.5) is 0 Å². The largest absolute Gasteiger partial charge is 0.0617 e. The quantitative estimate of drug-likeness (QED) is 0.113. The van der Waals surface area contributed by atoms with Crippen molar-refractivity contribution in [3.8, 4) is 34.4 Å². The number of nitrogens with zero attached hydrogens (tertiary/aromatic N) is 5. The van der Waals surface area contributed by atoms with Gasteiger partial charge in [0.1, 0.15) is 0 Å². The summed E-state index contributed by atoms with van der Waals surface area (Å²) in [6.07, 6.45) is 0. The Bertz CT molecular complexity index is 3450. The van der Waals surface area contributed by atoms with Crippen molar-refractivity contribution in [2.75, 3.05) is 0 Å². The number of aromatic nitrogens is 5. The number of para-hydroxylation sites is 3. The van der Waals surface area contributed by atoms with Crippen molar-refractivity contribution in [1.82, 2.24) is 24.1 Å². The van der Waals surface area contributed by atoms with Gasteiger partial charge in [-0.15, -0.1) is 0 Å². The van der Waals surface area contributed by atoms with Crippen molar-refractivity contribution in [3.63, 3.8) is 0 Å². The molecule has 0 amide bonds. The summed E-state index contributed by atoms with van der Waals surface area (Å²) in [4.78, 5) is 16.2.